The Morgan fingerprint density at radius 1 is 1.07 bits per heavy atom. The zero-order valence-corrected chi connectivity index (χ0v) is 15.7. The Hall–Kier alpha value is -3.20. The first-order valence-corrected chi connectivity index (χ1v) is 9.44. The molecule has 9 heteroatoms. The number of carbonyl (C=O) groups excluding carboxylic acids is 1. The van der Waals surface area contributed by atoms with Crippen LogP contribution in [0.2, 0.25) is 0 Å². The number of amides is 2. The van der Waals surface area contributed by atoms with Crippen molar-refractivity contribution in [1.82, 2.24) is 39.7 Å². The highest BCUT2D eigenvalue weighted by Crippen LogP contribution is 2.10. The van der Waals surface area contributed by atoms with Crippen LogP contribution in [0.25, 0.3) is 5.69 Å². The van der Waals surface area contributed by atoms with Gasteiger partial charge in [-0.25, -0.2) is 14.5 Å². The minimum absolute atomic E-state index is 0.0135. The van der Waals surface area contributed by atoms with Crippen molar-refractivity contribution in [3.05, 3.63) is 60.9 Å². The van der Waals surface area contributed by atoms with Gasteiger partial charge in [-0.05, 0) is 23.8 Å². The fourth-order valence-electron chi connectivity index (χ4n) is 3.29. The largest absolute Gasteiger partial charge is 0.334 e. The standard InChI is InChI=1S/C19H24N8O/c28-19(21-14-17-3-1-4-18(13-17)27-6-2-5-22-27)25-10-7-24(8-11-25)9-12-26-16-20-15-23-26/h1-6,13,15-16H,7-12,14H2,(H,21,28). The van der Waals surface area contributed by atoms with Crippen LogP contribution < -0.4 is 5.32 Å². The monoisotopic (exact) mass is 380 g/mol. The van der Waals surface area contributed by atoms with Gasteiger partial charge in [0.15, 0.2) is 0 Å². The molecule has 3 heterocycles. The van der Waals surface area contributed by atoms with Gasteiger partial charge >= 0.3 is 6.03 Å². The van der Waals surface area contributed by atoms with Crippen molar-refractivity contribution < 1.29 is 4.79 Å². The first-order chi connectivity index (χ1) is 13.8. The maximum Gasteiger partial charge on any atom is 0.317 e. The second-order valence-electron chi connectivity index (χ2n) is 6.77. The first kappa shape index (κ1) is 18.2. The van der Waals surface area contributed by atoms with Crippen LogP contribution in [0.5, 0.6) is 0 Å². The predicted molar refractivity (Wildman–Crippen MR) is 104 cm³/mol. The zero-order chi connectivity index (χ0) is 19.2. The van der Waals surface area contributed by atoms with Gasteiger partial charge in [-0.3, -0.25) is 9.58 Å². The first-order valence-electron chi connectivity index (χ1n) is 9.44. The molecule has 2 amide bonds. The maximum absolute atomic E-state index is 12.5. The smallest absolute Gasteiger partial charge is 0.317 e. The molecule has 0 saturated carbocycles. The third kappa shape index (κ3) is 4.55. The number of aromatic nitrogens is 5. The number of rotatable bonds is 6. The Morgan fingerprint density at radius 3 is 2.71 bits per heavy atom. The van der Waals surface area contributed by atoms with E-state index in [1.54, 1.807) is 18.9 Å². The summed E-state index contributed by atoms with van der Waals surface area (Å²) in [5.74, 6) is 0. The molecule has 4 rings (SSSR count). The molecule has 9 nitrogen and oxygen atoms in total. The van der Waals surface area contributed by atoms with Crippen LogP contribution in [0.15, 0.2) is 55.4 Å². The van der Waals surface area contributed by atoms with E-state index in [9.17, 15) is 4.79 Å². The molecule has 0 bridgehead atoms. The average molecular weight is 380 g/mol. The number of nitrogens with one attached hydrogen (secondary N) is 1. The van der Waals surface area contributed by atoms with Crippen molar-refractivity contribution in [2.45, 2.75) is 13.1 Å². The third-order valence-corrected chi connectivity index (χ3v) is 4.89. The van der Waals surface area contributed by atoms with Crippen molar-refractivity contribution in [1.29, 1.82) is 0 Å². The average Bonchev–Trinajstić information content (AvgIpc) is 3.45. The summed E-state index contributed by atoms with van der Waals surface area (Å²) in [6.45, 7) is 5.44. The number of nitrogens with zero attached hydrogens (tertiary/aromatic N) is 7. The van der Waals surface area contributed by atoms with E-state index in [4.69, 9.17) is 0 Å². The Balaban J connectivity index is 1.22. The molecule has 1 fully saturated rings. The number of carbonyl (C=O) groups is 1. The Kier molecular flexibility index (Phi) is 5.62. The number of hydrogen-bond donors (Lipinski definition) is 1. The second-order valence-corrected chi connectivity index (χ2v) is 6.77. The topological polar surface area (TPSA) is 84.1 Å². The molecule has 0 radical (unpaired) electrons. The minimum atomic E-state index is -0.0135. The molecule has 0 unspecified atom stereocenters. The van der Waals surface area contributed by atoms with E-state index in [2.05, 4.69) is 25.4 Å². The van der Waals surface area contributed by atoms with Crippen molar-refractivity contribution in [3.8, 4) is 5.69 Å². The van der Waals surface area contributed by atoms with Crippen LogP contribution in [0, 0.1) is 0 Å². The van der Waals surface area contributed by atoms with Gasteiger partial charge in [0.05, 0.1) is 12.2 Å². The number of urea groups is 1. The quantitative estimate of drug-likeness (QED) is 0.690. The molecule has 1 aromatic carbocycles. The van der Waals surface area contributed by atoms with Gasteiger partial charge in [0.1, 0.15) is 12.7 Å². The molecule has 146 valence electrons. The Morgan fingerprint density at radius 2 is 1.96 bits per heavy atom. The summed E-state index contributed by atoms with van der Waals surface area (Å²) >= 11 is 0. The van der Waals surface area contributed by atoms with Crippen molar-refractivity contribution in [3.63, 3.8) is 0 Å². The molecule has 1 aliphatic rings. The molecule has 28 heavy (non-hydrogen) atoms. The van der Waals surface area contributed by atoms with Gasteiger partial charge in [-0.1, -0.05) is 12.1 Å². The summed E-state index contributed by atoms with van der Waals surface area (Å²) in [5.41, 5.74) is 2.03. The summed E-state index contributed by atoms with van der Waals surface area (Å²) < 4.78 is 3.64. The van der Waals surface area contributed by atoms with Crippen LogP contribution >= 0.6 is 0 Å². The lowest BCUT2D eigenvalue weighted by molar-refractivity contribution is 0.135. The molecular weight excluding hydrogens is 356 g/mol. The lowest BCUT2D eigenvalue weighted by atomic mass is 10.2. The van der Waals surface area contributed by atoms with Crippen molar-refractivity contribution in [2.24, 2.45) is 0 Å². The van der Waals surface area contributed by atoms with E-state index in [0.29, 0.717) is 6.54 Å². The van der Waals surface area contributed by atoms with Crippen LogP contribution in [0.4, 0.5) is 4.79 Å². The van der Waals surface area contributed by atoms with Gasteiger partial charge in [0.25, 0.3) is 0 Å². The molecule has 0 aliphatic carbocycles. The number of benzene rings is 1. The fourth-order valence-corrected chi connectivity index (χ4v) is 3.29. The van der Waals surface area contributed by atoms with Crippen molar-refractivity contribution >= 4 is 6.03 Å². The summed E-state index contributed by atoms with van der Waals surface area (Å²) in [5, 5.41) is 11.4. The summed E-state index contributed by atoms with van der Waals surface area (Å²) in [6.07, 6.45) is 6.93. The van der Waals surface area contributed by atoms with Crippen LogP contribution in [0.1, 0.15) is 5.56 Å². The molecule has 1 saturated heterocycles. The van der Waals surface area contributed by atoms with E-state index in [-0.39, 0.29) is 6.03 Å². The molecule has 3 aromatic rings. The third-order valence-electron chi connectivity index (χ3n) is 4.89. The normalized spacial score (nSPS) is 14.9. The molecule has 1 aliphatic heterocycles. The highest BCUT2D eigenvalue weighted by molar-refractivity contribution is 5.74. The molecule has 1 N–H and O–H groups in total. The fraction of sp³-hybridized carbons (Fsp3) is 0.368. The predicted octanol–water partition coefficient (Wildman–Crippen LogP) is 0.991. The molecular formula is C19H24N8O. The van der Waals surface area contributed by atoms with E-state index >= 15 is 0 Å². The Labute approximate surface area is 163 Å². The highest BCUT2D eigenvalue weighted by atomic mass is 16.2. The molecule has 0 atom stereocenters. The van der Waals surface area contributed by atoms with E-state index in [1.165, 1.54) is 0 Å². The van der Waals surface area contributed by atoms with Gasteiger partial charge < -0.3 is 10.2 Å². The summed E-state index contributed by atoms with van der Waals surface area (Å²) in [7, 11) is 0. The SMILES string of the molecule is O=C(NCc1cccc(-n2cccn2)c1)N1CCN(CCn2cncn2)CC1. The van der Waals surface area contributed by atoms with Crippen LogP contribution in [-0.2, 0) is 13.1 Å². The number of hydrogen-bond acceptors (Lipinski definition) is 5. The summed E-state index contributed by atoms with van der Waals surface area (Å²) in [6, 6.07) is 9.90. The van der Waals surface area contributed by atoms with Crippen LogP contribution in [-0.4, -0.2) is 73.1 Å². The van der Waals surface area contributed by atoms with Crippen LogP contribution in [0.3, 0.4) is 0 Å². The summed E-state index contributed by atoms with van der Waals surface area (Å²) in [4.78, 5) is 20.7. The van der Waals surface area contributed by atoms with Gasteiger partial charge in [0.2, 0.25) is 0 Å². The second kappa shape index (κ2) is 8.66. The maximum atomic E-state index is 12.5. The van der Waals surface area contributed by atoms with E-state index < -0.39 is 0 Å². The van der Waals surface area contributed by atoms with Gasteiger partial charge in [-0.2, -0.15) is 10.2 Å². The highest BCUT2D eigenvalue weighted by Gasteiger charge is 2.20. The van der Waals surface area contributed by atoms with Crippen molar-refractivity contribution in [2.75, 3.05) is 32.7 Å². The van der Waals surface area contributed by atoms with Gasteiger partial charge in [0, 0.05) is 51.7 Å². The lowest BCUT2D eigenvalue weighted by Crippen LogP contribution is -2.52. The van der Waals surface area contributed by atoms with E-state index in [1.807, 2.05) is 50.8 Å². The number of piperazine rings is 1. The van der Waals surface area contributed by atoms with E-state index in [0.717, 1.165) is 50.5 Å². The Bertz CT molecular complexity index is 869. The molecule has 0 spiro atoms. The molecule has 2 aromatic heterocycles. The zero-order valence-electron chi connectivity index (χ0n) is 15.7. The minimum Gasteiger partial charge on any atom is -0.334 e. The van der Waals surface area contributed by atoms with Gasteiger partial charge in [-0.15, -0.1) is 0 Å². The lowest BCUT2D eigenvalue weighted by Gasteiger charge is -2.34.